The van der Waals surface area contributed by atoms with Gasteiger partial charge >= 0.3 is 7.60 Å². The number of rotatable bonds is 8. The maximum absolute atomic E-state index is 12.8. The van der Waals surface area contributed by atoms with E-state index in [1.165, 1.54) is 17.2 Å². The zero-order valence-electron chi connectivity index (χ0n) is 19.9. The highest BCUT2D eigenvalue weighted by Gasteiger charge is 2.36. The molecular weight excluding hydrogens is 383 g/mol. The van der Waals surface area contributed by atoms with Crippen LogP contribution in [0.2, 0.25) is 0 Å². The van der Waals surface area contributed by atoms with Gasteiger partial charge in [0.25, 0.3) is 0 Å². The molecule has 1 atom stereocenters. The first-order valence-electron chi connectivity index (χ1n) is 10.4. The molecule has 4 nitrogen and oxygen atoms in total. The van der Waals surface area contributed by atoms with Crippen molar-refractivity contribution in [2.45, 2.75) is 85.7 Å². The Morgan fingerprint density at radius 3 is 1.79 bits per heavy atom. The first-order chi connectivity index (χ1) is 13.0. The van der Waals surface area contributed by atoms with E-state index in [1.54, 1.807) is 27.7 Å². The average Bonchev–Trinajstić information content (AvgIpc) is 2.57. The molecule has 1 unspecified atom stereocenters. The van der Waals surface area contributed by atoms with Gasteiger partial charge < -0.3 is 4.52 Å². The van der Waals surface area contributed by atoms with Gasteiger partial charge in [0, 0.05) is 6.16 Å². The summed E-state index contributed by atoms with van der Waals surface area (Å²) in [5, 5.41) is 0. The summed E-state index contributed by atoms with van der Waals surface area (Å²) in [7, 11) is -3.29. The van der Waals surface area contributed by atoms with Gasteiger partial charge in [-0.3, -0.25) is 13.9 Å². The second kappa shape index (κ2) is 9.29. The Bertz CT molecular complexity index is 760. The van der Waals surface area contributed by atoms with Gasteiger partial charge in [-0.2, -0.15) is 0 Å². The van der Waals surface area contributed by atoms with Crippen LogP contribution in [0.25, 0.3) is 6.08 Å². The normalized spacial score (nSPS) is 15.5. The molecule has 0 aromatic heterocycles. The minimum absolute atomic E-state index is 0.00149. The van der Waals surface area contributed by atoms with Crippen molar-refractivity contribution in [1.82, 2.24) is 0 Å². The Morgan fingerprint density at radius 2 is 1.41 bits per heavy atom. The Hall–Kier alpha value is -1.22. The van der Waals surface area contributed by atoms with Crippen LogP contribution in [0.15, 0.2) is 24.3 Å². The molecule has 0 N–H and O–H groups in total. The van der Waals surface area contributed by atoms with E-state index < -0.39 is 13.2 Å². The number of carbonyl (C=O) groups is 1. The Balaban J connectivity index is 3.21. The van der Waals surface area contributed by atoms with Gasteiger partial charge in [0.1, 0.15) is 5.60 Å². The number of benzene rings is 1. The van der Waals surface area contributed by atoms with Crippen LogP contribution in [0, 0.1) is 0 Å². The van der Waals surface area contributed by atoms with E-state index in [1.807, 2.05) is 6.08 Å². The lowest BCUT2D eigenvalue weighted by molar-refractivity contribution is -0.127. The maximum atomic E-state index is 12.8. The van der Waals surface area contributed by atoms with Crippen LogP contribution in [-0.4, -0.2) is 24.2 Å². The van der Waals surface area contributed by atoms with Crippen LogP contribution < -0.4 is 0 Å². The summed E-state index contributed by atoms with van der Waals surface area (Å²) in [5.74, 6) is -0.246. The van der Waals surface area contributed by atoms with E-state index in [2.05, 4.69) is 59.7 Å². The molecule has 1 aromatic carbocycles. The van der Waals surface area contributed by atoms with Gasteiger partial charge in [0.2, 0.25) is 0 Å². The van der Waals surface area contributed by atoms with Crippen LogP contribution in [-0.2, 0) is 29.2 Å². The lowest BCUT2D eigenvalue weighted by atomic mass is 9.79. The fourth-order valence-corrected chi connectivity index (χ4v) is 4.30. The molecule has 0 bridgehead atoms. The van der Waals surface area contributed by atoms with Crippen LogP contribution in [0.4, 0.5) is 0 Å². The van der Waals surface area contributed by atoms with Crippen molar-refractivity contribution < 1.29 is 18.4 Å². The molecule has 0 heterocycles. The van der Waals surface area contributed by atoms with Gasteiger partial charge in [-0.25, -0.2) is 0 Å². The lowest BCUT2D eigenvalue weighted by Gasteiger charge is -2.27. The van der Waals surface area contributed by atoms with Gasteiger partial charge in [0.05, 0.1) is 6.61 Å². The second-order valence-electron chi connectivity index (χ2n) is 9.99. The molecular formula is C24H39O4P. The third-order valence-electron chi connectivity index (χ3n) is 4.79. The predicted octanol–water partition coefficient (Wildman–Crippen LogP) is 6.91. The topological polar surface area (TPSA) is 52.6 Å². The highest BCUT2D eigenvalue weighted by atomic mass is 31.2. The average molecular weight is 423 g/mol. The van der Waals surface area contributed by atoms with Crippen molar-refractivity contribution in [1.29, 1.82) is 0 Å². The first kappa shape index (κ1) is 25.8. The SMILES string of the molecule is CCOP(=O)(CC)OC(C)(C)C(=O)C=Cc1cc(C(C)(C)C)cc(C(C)(C)C)c1. The van der Waals surface area contributed by atoms with Gasteiger partial charge in [-0.15, -0.1) is 0 Å². The van der Waals surface area contributed by atoms with Gasteiger partial charge in [0.15, 0.2) is 5.78 Å². The Kier molecular flexibility index (Phi) is 8.27. The molecule has 164 valence electrons. The zero-order chi connectivity index (χ0) is 22.7. The summed E-state index contributed by atoms with van der Waals surface area (Å²) >= 11 is 0. The lowest BCUT2D eigenvalue weighted by Crippen LogP contribution is -2.33. The largest absolute Gasteiger partial charge is 0.331 e. The van der Waals surface area contributed by atoms with Crippen LogP contribution in [0.1, 0.15) is 85.9 Å². The molecule has 0 radical (unpaired) electrons. The molecule has 29 heavy (non-hydrogen) atoms. The number of hydrogen-bond donors (Lipinski definition) is 0. The molecule has 0 aliphatic rings. The molecule has 0 fully saturated rings. The van der Waals surface area contributed by atoms with E-state index in [4.69, 9.17) is 9.05 Å². The fraction of sp³-hybridized carbons (Fsp3) is 0.625. The molecule has 1 aromatic rings. The molecule has 0 amide bonds. The quantitative estimate of drug-likeness (QED) is 0.337. The smallest absolute Gasteiger partial charge is 0.309 e. The summed E-state index contributed by atoms with van der Waals surface area (Å²) in [4.78, 5) is 12.8. The van der Waals surface area contributed by atoms with Crippen LogP contribution in [0.5, 0.6) is 0 Å². The van der Waals surface area contributed by atoms with E-state index in [0.717, 1.165) is 5.56 Å². The molecule has 5 heteroatoms. The Morgan fingerprint density at radius 1 is 0.931 bits per heavy atom. The highest BCUT2D eigenvalue weighted by Crippen LogP contribution is 2.51. The van der Waals surface area contributed by atoms with Crippen molar-refractivity contribution in [3.05, 3.63) is 41.0 Å². The molecule has 0 aliphatic carbocycles. The number of carbonyl (C=O) groups excluding carboxylic acids is 1. The first-order valence-corrected chi connectivity index (χ1v) is 12.1. The van der Waals surface area contributed by atoms with Crippen molar-refractivity contribution in [2.75, 3.05) is 12.8 Å². The maximum Gasteiger partial charge on any atom is 0.331 e. The molecule has 0 spiro atoms. The third-order valence-corrected chi connectivity index (χ3v) is 6.95. The van der Waals surface area contributed by atoms with Crippen molar-refractivity contribution >= 4 is 19.5 Å². The van der Waals surface area contributed by atoms with Gasteiger partial charge in [-0.1, -0.05) is 72.7 Å². The van der Waals surface area contributed by atoms with Crippen LogP contribution in [0.3, 0.4) is 0 Å². The van der Waals surface area contributed by atoms with E-state index >= 15 is 0 Å². The van der Waals surface area contributed by atoms with E-state index in [-0.39, 0.29) is 29.4 Å². The van der Waals surface area contributed by atoms with Gasteiger partial charge in [-0.05, 0) is 54.4 Å². The summed E-state index contributed by atoms with van der Waals surface area (Å²) in [6.45, 7) is 20.1. The number of hydrogen-bond acceptors (Lipinski definition) is 4. The van der Waals surface area contributed by atoms with Crippen LogP contribution >= 0.6 is 7.60 Å². The van der Waals surface area contributed by atoms with Crippen molar-refractivity contribution in [3.63, 3.8) is 0 Å². The minimum Gasteiger partial charge on any atom is -0.309 e. The van der Waals surface area contributed by atoms with E-state index in [9.17, 15) is 9.36 Å². The Labute approximate surface area is 177 Å². The zero-order valence-corrected chi connectivity index (χ0v) is 20.8. The summed E-state index contributed by atoms with van der Waals surface area (Å²) < 4.78 is 23.6. The molecule has 1 rings (SSSR count). The molecule has 0 saturated carbocycles. The fourth-order valence-electron chi connectivity index (χ4n) is 2.76. The molecule has 0 saturated heterocycles. The number of ketones is 1. The minimum atomic E-state index is -3.29. The molecule has 0 aliphatic heterocycles. The summed E-state index contributed by atoms with van der Waals surface area (Å²) in [6, 6.07) is 6.47. The van der Waals surface area contributed by atoms with Crippen molar-refractivity contribution in [3.8, 4) is 0 Å². The predicted molar refractivity (Wildman–Crippen MR) is 123 cm³/mol. The summed E-state index contributed by atoms with van der Waals surface area (Å²) in [6.07, 6.45) is 3.56. The van der Waals surface area contributed by atoms with E-state index in [0.29, 0.717) is 0 Å². The monoisotopic (exact) mass is 422 g/mol. The standard InChI is InChI=1S/C24H39O4P/c1-11-27-29(26,12-2)28-24(9,10)21(25)14-13-18-15-19(22(3,4)5)17-20(16-18)23(6,7)8/h13-17H,11-12H2,1-10H3. The second-order valence-corrected chi connectivity index (χ2v) is 12.3. The van der Waals surface area contributed by atoms with Crippen molar-refractivity contribution in [2.24, 2.45) is 0 Å². The third kappa shape index (κ3) is 7.51. The summed E-state index contributed by atoms with van der Waals surface area (Å²) in [5.41, 5.74) is 2.18. The highest BCUT2D eigenvalue weighted by molar-refractivity contribution is 7.53.